The van der Waals surface area contributed by atoms with E-state index in [0.29, 0.717) is 22.5 Å². The maximum Gasteiger partial charge on any atom is 0.366 e. The van der Waals surface area contributed by atoms with Crippen LogP contribution in [0.3, 0.4) is 0 Å². The molecule has 0 spiro atoms. The summed E-state index contributed by atoms with van der Waals surface area (Å²) in [5.74, 6) is -0.363. The molecule has 0 atom stereocenters. The van der Waals surface area contributed by atoms with Crippen LogP contribution in [0.2, 0.25) is 0 Å². The van der Waals surface area contributed by atoms with E-state index in [1.165, 1.54) is 35.3 Å². The van der Waals surface area contributed by atoms with E-state index in [-0.39, 0.29) is 5.82 Å². The van der Waals surface area contributed by atoms with Gasteiger partial charge in [-0.1, -0.05) is 12.1 Å². The number of benzene rings is 1. The Morgan fingerprint density at radius 3 is 2.60 bits per heavy atom. The fourth-order valence-corrected chi connectivity index (χ4v) is 2.06. The lowest BCUT2D eigenvalue weighted by Gasteiger charge is -2.03. The molecule has 2 heterocycles. The largest absolute Gasteiger partial charge is 0.366 e. The Labute approximate surface area is 113 Å². The molecule has 3 aromatic rings. The van der Waals surface area contributed by atoms with Crippen LogP contribution in [0.1, 0.15) is 0 Å². The molecule has 0 N–H and O–H groups in total. The number of hydrogen-bond donors (Lipinski definition) is 0. The lowest BCUT2D eigenvalue weighted by molar-refractivity contribution is 0.289. The van der Waals surface area contributed by atoms with Crippen molar-refractivity contribution in [3.63, 3.8) is 0 Å². The maximum absolute atomic E-state index is 13.0. The van der Waals surface area contributed by atoms with E-state index in [9.17, 15) is 9.18 Å². The zero-order chi connectivity index (χ0) is 14.1. The predicted octanol–water partition coefficient (Wildman–Crippen LogP) is 2.24. The van der Waals surface area contributed by atoms with Crippen LogP contribution in [0.4, 0.5) is 4.39 Å². The monoisotopic (exact) mass is 271 g/mol. The topological polar surface area (TPSA) is 60.9 Å². The second-order valence-electron chi connectivity index (χ2n) is 4.20. The van der Waals surface area contributed by atoms with Gasteiger partial charge in [-0.3, -0.25) is 0 Å². The van der Waals surface area contributed by atoms with Gasteiger partial charge < -0.3 is 4.52 Å². The zero-order valence-corrected chi connectivity index (χ0v) is 10.6. The number of nitrogens with zero attached hydrogens (tertiary/aromatic N) is 3. The van der Waals surface area contributed by atoms with Gasteiger partial charge in [0.25, 0.3) is 0 Å². The molecule has 0 radical (unpaired) electrons. The molecule has 0 aliphatic rings. The Hall–Kier alpha value is -2.76. The SMILES string of the molecule is Cn1oc(=O)c(-c2ccc(F)cc2)c1-c1ccncn1. The van der Waals surface area contributed by atoms with Crippen molar-refractivity contribution in [2.45, 2.75) is 0 Å². The standard InChI is InChI=1S/C14H10FN3O2/c1-18-13(11-6-7-16-8-17-11)12(14(19)20-18)9-2-4-10(15)5-3-9/h2-8H,1H3. The fraction of sp³-hybridized carbons (Fsp3) is 0.0714. The highest BCUT2D eigenvalue weighted by Gasteiger charge is 2.19. The van der Waals surface area contributed by atoms with E-state index in [4.69, 9.17) is 4.52 Å². The molecule has 0 unspecified atom stereocenters. The van der Waals surface area contributed by atoms with Crippen molar-refractivity contribution in [3.05, 3.63) is 59.1 Å². The molecule has 0 aliphatic heterocycles. The van der Waals surface area contributed by atoms with Gasteiger partial charge in [0, 0.05) is 13.2 Å². The average molecular weight is 271 g/mol. The van der Waals surface area contributed by atoms with Crippen LogP contribution in [0.5, 0.6) is 0 Å². The number of hydrogen-bond acceptors (Lipinski definition) is 4. The van der Waals surface area contributed by atoms with Crippen LogP contribution in [0.25, 0.3) is 22.5 Å². The van der Waals surface area contributed by atoms with E-state index >= 15 is 0 Å². The van der Waals surface area contributed by atoms with Gasteiger partial charge in [-0.15, -0.1) is 0 Å². The molecule has 0 bridgehead atoms. The average Bonchev–Trinajstić information content (AvgIpc) is 2.75. The third kappa shape index (κ3) is 2.01. The van der Waals surface area contributed by atoms with Crippen LogP contribution in [-0.4, -0.2) is 14.7 Å². The van der Waals surface area contributed by atoms with Crippen LogP contribution < -0.4 is 5.63 Å². The third-order valence-corrected chi connectivity index (χ3v) is 2.93. The first-order chi connectivity index (χ1) is 9.66. The first-order valence-electron chi connectivity index (χ1n) is 5.89. The van der Waals surface area contributed by atoms with E-state index in [2.05, 4.69) is 9.97 Å². The van der Waals surface area contributed by atoms with Gasteiger partial charge >= 0.3 is 5.63 Å². The Morgan fingerprint density at radius 1 is 1.20 bits per heavy atom. The Balaban J connectivity index is 2.26. The molecule has 0 saturated heterocycles. The molecule has 0 aliphatic carbocycles. The molecule has 6 heteroatoms. The van der Waals surface area contributed by atoms with Crippen LogP contribution >= 0.6 is 0 Å². The Bertz CT molecular complexity index is 792. The van der Waals surface area contributed by atoms with Gasteiger partial charge in [-0.2, -0.15) is 0 Å². The van der Waals surface area contributed by atoms with E-state index in [1.54, 1.807) is 19.3 Å². The van der Waals surface area contributed by atoms with Crippen LogP contribution in [0, 0.1) is 5.82 Å². The van der Waals surface area contributed by atoms with Gasteiger partial charge in [0.2, 0.25) is 0 Å². The maximum atomic E-state index is 13.0. The summed E-state index contributed by atoms with van der Waals surface area (Å²) in [6, 6.07) is 7.34. The zero-order valence-electron chi connectivity index (χ0n) is 10.6. The molecule has 0 saturated carbocycles. The second kappa shape index (κ2) is 4.73. The van der Waals surface area contributed by atoms with Gasteiger partial charge in [-0.05, 0) is 23.8 Å². The van der Waals surface area contributed by atoms with Gasteiger partial charge in [0.15, 0.2) is 0 Å². The Morgan fingerprint density at radius 2 is 1.95 bits per heavy atom. The summed E-state index contributed by atoms with van der Waals surface area (Å²) in [5.41, 5.74) is 1.53. The van der Waals surface area contributed by atoms with E-state index < -0.39 is 5.63 Å². The third-order valence-electron chi connectivity index (χ3n) is 2.93. The normalized spacial score (nSPS) is 10.7. The summed E-state index contributed by atoms with van der Waals surface area (Å²) >= 11 is 0. The summed E-state index contributed by atoms with van der Waals surface area (Å²) in [7, 11) is 1.62. The highest BCUT2D eigenvalue weighted by atomic mass is 19.1. The summed E-state index contributed by atoms with van der Waals surface area (Å²) in [5, 5.41) is 0. The van der Waals surface area contributed by atoms with E-state index in [1.807, 2.05) is 0 Å². The number of aromatic nitrogens is 3. The summed E-state index contributed by atoms with van der Waals surface area (Å²) in [6.45, 7) is 0. The molecule has 0 fully saturated rings. The molecule has 1 aromatic carbocycles. The Kier molecular flexibility index (Phi) is 2.90. The summed E-state index contributed by atoms with van der Waals surface area (Å²) in [4.78, 5) is 20.0. The van der Waals surface area contributed by atoms with E-state index in [0.717, 1.165) is 0 Å². The lowest BCUT2D eigenvalue weighted by Crippen LogP contribution is -1.98. The van der Waals surface area contributed by atoms with Crippen molar-refractivity contribution in [3.8, 4) is 22.5 Å². The van der Waals surface area contributed by atoms with Crippen molar-refractivity contribution < 1.29 is 8.91 Å². The van der Waals surface area contributed by atoms with Crippen molar-refractivity contribution in [1.29, 1.82) is 0 Å². The van der Waals surface area contributed by atoms with Gasteiger partial charge in [0.1, 0.15) is 17.8 Å². The van der Waals surface area contributed by atoms with Crippen LogP contribution in [-0.2, 0) is 7.05 Å². The van der Waals surface area contributed by atoms with Crippen molar-refractivity contribution in [1.82, 2.24) is 14.7 Å². The lowest BCUT2D eigenvalue weighted by atomic mass is 10.0. The smallest absolute Gasteiger partial charge is 0.335 e. The van der Waals surface area contributed by atoms with Gasteiger partial charge in [-0.25, -0.2) is 23.9 Å². The molecular formula is C14H10FN3O2. The molecule has 2 aromatic heterocycles. The highest BCUT2D eigenvalue weighted by Crippen LogP contribution is 2.28. The van der Waals surface area contributed by atoms with Gasteiger partial charge in [0.05, 0.1) is 11.3 Å². The minimum absolute atomic E-state index is 0.353. The predicted molar refractivity (Wildman–Crippen MR) is 70.4 cm³/mol. The van der Waals surface area contributed by atoms with Crippen molar-refractivity contribution >= 4 is 0 Å². The van der Waals surface area contributed by atoms with Crippen molar-refractivity contribution in [2.24, 2.45) is 7.05 Å². The van der Waals surface area contributed by atoms with Crippen molar-refractivity contribution in [2.75, 3.05) is 0 Å². The summed E-state index contributed by atoms with van der Waals surface area (Å²) in [6.07, 6.45) is 2.97. The number of rotatable bonds is 2. The number of aryl methyl sites for hydroxylation is 1. The molecule has 100 valence electrons. The minimum atomic E-state index is -0.493. The highest BCUT2D eigenvalue weighted by molar-refractivity contribution is 5.78. The molecule has 5 nitrogen and oxygen atoms in total. The minimum Gasteiger partial charge on any atom is -0.335 e. The molecule has 3 rings (SSSR count). The molecule has 0 amide bonds. The van der Waals surface area contributed by atoms with Crippen LogP contribution in [0.15, 0.2) is 52.2 Å². The fourth-order valence-electron chi connectivity index (χ4n) is 2.06. The first kappa shape index (κ1) is 12.3. The first-order valence-corrected chi connectivity index (χ1v) is 5.89. The molecular weight excluding hydrogens is 261 g/mol. The summed E-state index contributed by atoms with van der Waals surface area (Å²) < 4.78 is 19.4. The molecule has 20 heavy (non-hydrogen) atoms. The second-order valence-corrected chi connectivity index (χ2v) is 4.20. The quantitative estimate of drug-likeness (QED) is 0.717. The number of halogens is 1.